The Bertz CT molecular complexity index is 1080. The fourth-order valence-corrected chi connectivity index (χ4v) is 8.15. The predicted molar refractivity (Wildman–Crippen MR) is 116 cm³/mol. The molecule has 5 nitrogen and oxygen atoms in total. The van der Waals surface area contributed by atoms with Gasteiger partial charge < -0.3 is 5.32 Å². The van der Waals surface area contributed by atoms with Gasteiger partial charge in [-0.05, 0) is 79.0 Å². The molecule has 2 N–H and O–H groups in total. The van der Waals surface area contributed by atoms with Crippen LogP contribution in [0.25, 0.3) is 16.3 Å². The van der Waals surface area contributed by atoms with Crippen LogP contribution in [0.15, 0.2) is 34.4 Å². The van der Waals surface area contributed by atoms with Crippen molar-refractivity contribution < 1.29 is 4.79 Å². The Morgan fingerprint density at radius 3 is 2.69 bits per heavy atom. The molecule has 7 rings (SSSR count). The summed E-state index contributed by atoms with van der Waals surface area (Å²) in [4.78, 5) is 22.1. The van der Waals surface area contributed by atoms with E-state index < -0.39 is 0 Å². The van der Waals surface area contributed by atoms with Crippen LogP contribution in [0, 0.1) is 16.7 Å². The average Bonchev–Trinajstić information content (AvgIpc) is 3.17. The van der Waals surface area contributed by atoms with E-state index in [2.05, 4.69) is 35.5 Å². The van der Waals surface area contributed by atoms with Crippen LogP contribution in [0.1, 0.15) is 57.9 Å². The molecule has 0 spiro atoms. The molecule has 2 heterocycles. The number of guanidine groups is 1. The van der Waals surface area contributed by atoms with Crippen LogP contribution in [-0.4, -0.2) is 22.4 Å². The van der Waals surface area contributed by atoms with Crippen molar-refractivity contribution in [3.63, 3.8) is 0 Å². The van der Waals surface area contributed by atoms with Crippen LogP contribution in [-0.2, 0) is 4.79 Å². The number of nitrogens with one attached hydrogen (secondary N) is 2. The van der Waals surface area contributed by atoms with Gasteiger partial charge in [0.25, 0.3) is 5.91 Å². The Hall–Kier alpha value is -2.21. The Labute approximate surface area is 174 Å². The summed E-state index contributed by atoms with van der Waals surface area (Å²) in [5.74, 6) is 1.31. The quantitative estimate of drug-likeness (QED) is 0.724. The van der Waals surface area contributed by atoms with Gasteiger partial charge in [-0.2, -0.15) is 0 Å². The minimum absolute atomic E-state index is 0.0183. The van der Waals surface area contributed by atoms with E-state index in [1.807, 2.05) is 23.7 Å². The molecule has 150 valence electrons. The van der Waals surface area contributed by atoms with Gasteiger partial charge in [0, 0.05) is 0 Å². The number of aromatic nitrogens is 1. The second-order valence-corrected chi connectivity index (χ2v) is 11.4. The largest absolute Gasteiger partial charge is 0.321 e. The van der Waals surface area contributed by atoms with Crippen LogP contribution in [0.5, 0.6) is 0 Å². The molecular formula is C23H26N4OS. The highest BCUT2D eigenvalue weighted by atomic mass is 32.1. The van der Waals surface area contributed by atoms with E-state index >= 15 is 0 Å². The number of benzene rings is 1. The zero-order valence-corrected chi connectivity index (χ0v) is 17.7. The number of fused-ring (bicyclic) bond motifs is 1. The van der Waals surface area contributed by atoms with Gasteiger partial charge in [0.05, 0.1) is 21.3 Å². The van der Waals surface area contributed by atoms with Gasteiger partial charge >= 0.3 is 0 Å². The molecule has 2 aromatic rings. The predicted octanol–water partition coefficient (Wildman–Crippen LogP) is 4.46. The Balaban J connectivity index is 1.29. The summed E-state index contributed by atoms with van der Waals surface area (Å²) in [5, 5.41) is 6.25. The molecule has 2 unspecified atom stereocenters. The number of rotatable bonds is 2. The Morgan fingerprint density at radius 1 is 1.14 bits per heavy atom. The number of carbonyl (C=O) groups is 1. The third-order valence-electron chi connectivity index (χ3n) is 7.34. The van der Waals surface area contributed by atoms with Crippen molar-refractivity contribution in [2.75, 3.05) is 0 Å². The van der Waals surface area contributed by atoms with Gasteiger partial charge in [0.2, 0.25) is 5.96 Å². The lowest BCUT2D eigenvalue weighted by atomic mass is 9.43. The molecule has 5 fully saturated rings. The first-order valence-electron chi connectivity index (χ1n) is 10.5. The highest BCUT2D eigenvalue weighted by Gasteiger charge is 2.60. The van der Waals surface area contributed by atoms with E-state index in [-0.39, 0.29) is 11.4 Å². The van der Waals surface area contributed by atoms with Crippen molar-refractivity contribution in [3.05, 3.63) is 35.0 Å². The first kappa shape index (κ1) is 17.6. The molecule has 4 aliphatic carbocycles. The Kier molecular flexibility index (Phi) is 3.46. The van der Waals surface area contributed by atoms with Gasteiger partial charge in [-0.15, -0.1) is 11.3 Å². The summed E-state index contributed by atoms with van der Waals surface area (Å²) >= 11 is 1.61. The SMILES string of the molecule is CC12CC3CC(C)(C1)CC(N=C1NC(=O)/C(=C/c4ccc5ncsc5c4)N1)(C3)C2. The van der Waals surface area contributed by atoms with Crippen LogP contribution in [0.2, 0.25) is 0 Å². The minimum atomic E-state index is -0.102. The number of nitrogens with zero attached hydrogens (tertiary/aromatic N) is 2. The molecule has 6 heteroatoms. The number of hydrogen-bond donors (Lipinski definition) is 2. The van der Waals surface area contributed by atoms with Crippen molar-refractivity contribution in [2.45, 2.75) is 57.9 Å². The molecule has 1 aromatic carbocycles. The lowest BCUT2D eigenvalue weighted by molar-refractivity contribution is -0.115. The van der Waals surface area contributed by atoms with Crippen molar-refractivity contribution in [3.8, 4) is 0 Å². The monoisotopic (exact) mass is 406 g/mol. The van der Waals surface area contributed by atoms with E-state index in [0.717, 1.165) is 34.5 Å². The van der Waals surface area contributed by atoms with Crippen LogP contribution >= 0.6 is 11.3 Å². The summed E-state index contributed by atoms with van der Waals surface area (Å²) in [6.45, 7) is 4.90. The van der Waals surface area contributed by atoms with Crippen LogP contribution in [0.4, 0.5) is 0 Å². The fourth-order valence-electron chi connectivity index (χ4n) is 7.43. The number of carbonyl (C=O) groups excluding carboxylic acids is 1. The molecule has 29 heavy (non-hydrogen) atoms. The molecule has 4 saturated carbocycles. The highest BCUT2D eigenvalue weighted by Crippen LogP contribution is 2.67. The van der Waals surface area contributed by atoms with Gasteiger partial charge in [-0.25, -0.2) is 9.98 Å². The van der Waals surface area contributed by atoms with Crippen molar-refractivity contribution >= 4 is 39.5 Å². The smallest absolute Gasteiger partial charge is 0.274 e. The lowest BCUT2D eigenvalue weighted by Gasteiger charge is -2.64. The summed E-state index contributed by atoms with van der Waals surface area (Å²) in [6, 6.07) is 6.07. The van der Waals surface area contributed by atoms with E-state index in [4.69, 9.17) is 4.99 Å². The van der Waals surface area contributed by atoms with Gasteiger partial charge in [-0.1, -0.05) is 19.9 Å². The minimum Gasteiger partial charge on any atom is -0.321 e. The molecule has 0 radical (unpaired) electrons. The molecule has 1 amide bonds. The molecule has 4 bridgehead atoms. The zero-order chi connectivity index (χ0) is 19.9. The zero-order valence-electron chi connectivity index (χ0n) is 16.9. The van der Waals surface area contributed by atoms with E-state index in [0.29, 0.717) is 22.5 Å². The number of aliphatic imine (C=N–C) groups is 1. The highest BCUT2D eigenvalue weighted by molar-refractivity contribution is 7.16. The second kappa shape index (κ2) is 5.69. The normalized spacial score (nSPS) is 40.8. The number of thiazole rings is 1. The summed E-state index contributed by atoms with van der Waals surface area (Å²) in [7, 11) is 0. The van der Waals surface area contributed by atoms with Gasteiger partial charge in [-0.3, -0.25) is 10.1 Å². The maximum atomic E-state index is 12.6. The summed E-state index contributed by atoms with van der Waals surface area (Å²) < 4.78 is 1.13. The van der Waals surface area contributed by atoms with Gasteiger partial charge in [0.1, 0.15) is 5.70 Å². The van der Waals surface area contributed by atoms with Crippen molar-refractivity contribution in [1.82, 2.24) is 15.6 Å². The maximum Gasteiger partial charge on any atom is 0.274 e. The van der Waals surface area contributed by atoms with E-state index in [9.17, 15) is 4.79 Å². The fraction of sp³-hybridized carbons (Fsp3) is 0.522. The maximum absolute atomic E-state index is 12.6. The summed E-state index contributed by atoms with van der Waals surface area (Å²) in [5.41, 5.74) is 5.19. The average molecular weight is 407 g/mol. The molecule has 1 aliphatic heterocycles. The molecule has 2 atom stereocenters. The Morgan fingerprint density at radius 2 is 1.93 bits per heavy atom. The van der Waals surface area contributed by atoms with Gasteiger partial charge in [0.15, 0.2) is 0 Å². The van der Waals surface area contributed by atoms with E-state index in [1.54, 1.807) is 11.3 Å². The van der Waals surface area contributed by atoms with Crippen molar-refractivity contribution in [2.24, 2.45) is 21.7 Å². The number of hydrogen-bond acceptors (Lipinski definition) is 4. The molecule has 1 saturated heterocycles. The third kappa shape index (κ3) is 2.91. The van der Waals surface area contributed by atoms with Crippen LogP contribution in [0.3, 0.4) is 0 Å². The lowest BCUT2D eigenvalue weighted by Crippen LogP contribution is -2.58. The third-order valence-corrected chi connectivity index (χ3v) is 8.13. The molecule has 5 aliphatic rings. The van der Waals surface area contributed by atoms with Crippen molar-refractivity contribution in [1.29, 1.82) is 0 Å². The standard InChI is InChI=1S/C23H26N4OS/c1-21-7-15-8-22(2,10-21)12-23(9-15,11-21)27-20-25-17(19(28)26-20)5-14-3-4-16-18(6-14)29-13-24-16/h3-6,13,15H,7-12H2,1-2H3,(H2,25,26,27,28)/b17-5-. The second-order valence-electron chi connectivity index (χ2n) is 10.5. The first-order chi connectivity index (χ1) is 13.8. The number of amides is 1. The molecule has 1 aromatic heterocycles. The van der Waals surface area contributed by atoms with E-state index in [1.165, 1.54) is 25.7 Å². The first-order valence-corrected chi connectivity index (χ1v) is 11.4. The van der Waals surface area contributed by atoms with Crippen LogP contribution < -0.4 is 10.6 Å². The molecular weight excluding hydrogens is 380 g/mol. The topological polar surface area (TPSA) is 66.4 Å². The summed E-state index contributed by atoms with van der Waals surface area (Å²) in [6.07, 6.45) is 9.39.